The van der Waals surface area contributed by atoms with Gasteiger partial charge in [0.1, 0.15) is 5.75 Å². The van der Waals surface area contributed by atoms with Crippen LogP contribution in [0, 0.1) is 5.92 Å². The van der Waals surface area contributed by atoms with E-state index in [1.165, 1.54) is 29.3 Å². The molecule has 31 heavy (non-hydrogen) atoms. The van der Waals surface area contributed by atoms with Crippen LogP contribution in [0.1, 0.15) is 42.8 Å². The molecule has 7 heteroatoms. The maximum Gasteiger partial charge on any atom is 0.277 e. The molecule has 6 nitrogen and oxygen atoms in total. The number of amides is 1. The van der Waals surface area contributed by atoms with E-state index < -0.39 is 0 Å². The number of hydrogen-bond donors (Lipinski definition) is 1. The van der Waals surface area contributed by atoms with Gasteiger partial charge in [-0.05, 0) is 66.1 Å². The molecule has 0 saturated heterocycles. The normalized spacial score (nSPS) is 13.8. The number of nitrogens with one attached hydrogen (secondary N) is 1. The first-order chi connectivity index (χ1) is 15.0. The Balaban J connectivity index is 1.40. The van der Waals surface area contributed by atoms with Crippen molar-refractivity contribution in [1.29, 1.82) is 0 Å². The highest BCUT2D eigenvalue weighted by Crippen LogP contribution is 2.30. The van der Waals surface area contributed by atoms with E-state index >= 15 is 0 Å². The van der Waals surface area contributed by atoms with Crippen LogP contribution in [0.5, 0.6) is 5.75 Å². The molecule has 0 bridgehead atoms. The first-order valence-corrected chi connectivity index (χ1v) is 11.4. The van der Waals surface area contributed by atoms with Crippen molar-refractivity contribution in [3.63, 3.8) is 0 Å². The van der Waals surface area contributed by atoms with Crippen molar-refractivity contribution in [3.8, 4) is 5.75 Å². The largest absolute Gasteiger partial charge is 0.497 e. The molecule has 1 aromatic heterocycles. The number of hydrogen-bond acceptors (Lipinski definition) is 6. The molecule has 162 valence electrons. The molecule has 3 aromatic rings. The molecule has 1 aliphatic rings. The molecule has 0 radical (unpaired) electrons. The number of fused-ring (bicyclic) bond motifs is 1. The topological polar surface area (TPSA) is 77.2 Å². The average Bonchev–Trinajstić information content (AvgIpc) is 3.41. The van der Waals surface area contributed by atoms with E-state index in [9.17, 15) is 4.79 Å². The third-order valence-electron chi connectivity index (χ3n) is 5.42. The van der Waals surface area contributed by atoms with Gasteiger partial charge in [0.25, 0.3) is 5.22 Å². The fourth-order valence-corrected chi connectivity index (χ4v) is 4.63. The monoisotopic (exact) mass is 437 g/mol. The Morgan fingerprint density at radius 2 is 1.90 bits per heavy atom. The lowest BCUT2D eigenvalue weighted by Gasteiger charge is -2.18. The van der Waals surface area contributed by atoms with Crippen molar-refractivity contribution < 1.29 is 13.9 Å². The first kappa shape index (κ1) is 21.4. The summed E-state index contributed by atoms with van der Waals surface area (Å²) in [4.78, 5) is 13.0. The summed E-state index contributed by atoms with van der Waals surface area (Å²) in [5.74, 6) is 1.39. The van der Waals surface area contributed by atoms with E-state index in [0.717, 1.165) is 29.8 Å². The summed E-state index contributed by atoms with van der Waals surface area (Å²) < 4.78 is 11.0. The summed E-state index contributed by atoms with van der Waals surface area (Å²) in [6.07, 6.45) is 3.93. The van der Waals surface area contributed by atoms with Crippen LogP contribution < -0.4 is 10.1 Å². The minimum absolute atomic E-state index is 0.0483. The van der Waals surface area contributed by atoms with Gasteiger partial charge in [0.2, 0.25) is 11.8 Å². The van der Waals surface area contributed by atoms with Gasteiger partial charge < -0.3 is 14.5 Å². The van der Waals surface area contributed by atoms with Crippen LogP contribution in [0.3, 0.4) is 0 Å². The fourth-order valence-electron chi connectivity index (χ4n) is 3.74. The highest BCUT2D eigenvalue weighted by molar-refractivity contribution is 8.00. The molecule has 1 heterocycles. The average molecular weight is 438 g/mol. The molecule has 1 unspecified atom stereocenters. The number of carbonyl (C=O) groups excluding carboxylic acids is 1. The fraction of sp³-hybridized carbons (Fsp3) is 0.375. The van der Waals surface area contributed by atoms with Crippen molar-refractivity contribution in [2.45, 2.75) is 50.0 Å². The summed E-state index contributed by atoms with van der Waals surface area (Å²) in [5.41, 5.74) is 4.63. The number of benzene rings is 2. The molecule has 2 aromatic carbocycles. The Morgan fingerprint density at radius 1 is 1.13 bits per heavy atom. The van der Waals surface area contributed by atoms with Crippen molar-refractivity contribution in [3.05, 3.63) is 65.0 Å². The van der Waals surface area contributed by atoms with E-state index in [4.69, 9.17) is 9.15 Å². The van der Waals surface area contributed by atoms with Gasteiger partial charge >= 0.3 is 0 Å². The number of aryl methyl sites for hydroxylation is 2. The third-order valence-corrected chi connectivity index (χ3v) is 6.80. The van der Waals surface area contributed by atoms with E-state index in [0.29, 0.717) is 17.5 Å². The van der Waals surface area contributed by atoms with Crippen LogP contribution in [0.2, 0.25) is 0 Å². The van der Waals surface area contributed by atoms with E-state index in [1.54, 1.807) is 7.11 Å². The first-order valence-electron chi connectivity index (χ1n) is 10.6. The Labute approximate surface area is 186 Å². The third kappa shape index (κ3) is 5.28. The van der Waals surface area contributed by atoms with Crippen LogP contribution in [0.4, 0.5) is 5.69 Å². The Bertz CT molecular complexity index is 1050. The minimum atomic E-state index is -0.331. The molecule has 0 spiro atoms. The molecule has 0 fully saturated rings. The van der Waals surface area contributed by atoms with Crippen LogP contribution >= 0.6 is 11.8 Å². The molecule has 1 atom stereocenters. The highest BCUT2D eigenvalue weighted by Gasteiger charge is 2.26. The number of rotatable bonds is 8. The lowest BCUT2D eigenvalue weighted by Crippen LogP contribution is -2.29. The summed E-state index contributed by atoms with van der Waals surface area (Å²) in [6, 6.07) is 14.0. The second kappa shape index (κ2) is 9.56. The Morgan fingerprint density at radius 3 is 2.65 bits per heavy atom. The van der Waals surface area contributed by atoms with Gasteiger partial charge in [-0.15, -0.1) is 10.2 Å². The summed E-state index contributed by atoms with van der Waals surface area (Å²) in [6.45, 7) is 4.04. The van der Waals surface area contributed by atoms with Gasteiger partial charge in [0.05, 0.1) is 18.8 Å². The second-order valence-electron chi connectivity index (χ2n) is 8.10. The van der Waals surface area contributed by atoms with Crippen LogP contribution in [-0.4, -0.2) is 28.5 Å². The number of carbonyl (C=O) groups is 1. The Kier molecular flexibility index (Phi) is 6.61. The van der Waals surface area contributed by atoms with E-state index in [1.807, 2.05) is 44.2 Å². The van der Waals surface area contributed by atoms with Crippen molar-refractivity contribution in [1.82, 2.24) is 10.2 Å². The summed E-state index contributed by atoms with van der Waals surface area (Å²) in [7, 11) is 1.64. The number of thioether (sulfide) groups is 1. The quantitative estimate of drug-likeness (QED) is 0.505. The van der Waals surface area contributed by atoms with E-state index in [-0.39, 0.29) is 17.1 Å². The Hall–Kier alpha value is -2.80. The number of aromatic nitrogens is 2. The maximum absolute atomic E-state index is 13.0. The van der Waals surface area contributed by atoms with E-state index in [2.05, 4.69) is 27.6 Å². The second-order valence-corrected chi connectivity index (χ2v) is 9.19. The summed E-state index contributed by atoms with van der Waals surface area (Å²) in [5, 5.41) is 11.4. The molecular weight excluding hydrogens is 410 g/mol. The van der Waals surface area contributed by atoms with Crippen LogP contribution in [-0.2, 0) is 24.1 Å². The smallest absolute Gasteiger partial charge is 0.277 e. The van der Waals surface area contributed by atoms with Gasteiger partial charge in [-0.3, -0.25) is 4.79 Å². The van der Waals surface area contributed by atoms with Gasteiger partial charge in [0.15, 0.2) is 0 Å². The molecular formula is C24H27N3O3S. The molecule has 0 aliphatic heterocycles. The molecule has 1 amide bonds. The lowest BCUT2D eigenvalue weighted by molar-refractivity contribution is -0.116. The maximum atomic E-state index is 13.0. The molecule has 1 aliphatic carbocycles. The number of methoxy groups -OCH3 is 1. The molecule has 0 saturated carbocycles. The highest BCUT2D eigenvalue weighted by atomic mass is 32.2. The zero-order valence-electron chi connectivity index (χ0n) is 18.1. The molecule has 4 rings (SSSR count). The SMILES string of the molecule is COc1ccc(Cc2nnc(SC(C(=O)Nc3ccc4c(c3)CCC4)C(C)C)o2)cc1. The van der Waals surface area contributed by atoms with Crippen molar-refractivity contribution in [2.75, 3.05) is 12.4 Å². The van der Waals surface area contributed by atoms with Crippen LogP contribution in [0.15, 0.2) is 52.1 Å². The number of anilines is 1. The van der Waals surface area contributed by atoms with Gasteiger partial charge in [-0.1, -0.05) is 43.8 Å². The van der Waals surface area contributed by atoms with Gasteiger partial charge in [-0.2, -0.15) is 0 Å². The number of ether oxygens (including phenoxy) is 1. The predicted octanol–water partition coefficient (Wildman–Crippen LogP) is 4.91. The zero-order valence-corrected chi connectivity index (χ0v) is 18.9. The minimum Gasteiger partial charge on any atom is -0.497 e. The lowest BCUT2D eigenvalue weighted by atomic mass is 10.1. The predicted molar refractivity (Wildman–Crippen MR) is 122 cm³/mol. The van der Waals surface area contributed by atoms with Crippen molar-refractivity contribution in [2.24, 2.45) is 5.92 Å². The zero-order chi connectivity index (χ0) is 21.8. The van der Waals surface area contributed by atoms with Gasteiger partial charge in [0, 0.05) is 5.69 Å². The number of nitrogens with zero attached hydrogens (tertiary/aromatic N) is 2. The standard InChI is InChI=1S/C24H27N3O3S/c1-15(2)22(23(28)25-19-10-9-17-5-4-6-18(17)14-19)31-24-27-26-21(30-24)13-16-7-11-20(29-3)12-8-16/h7-12,14-15,22H,4-6,13H2,1-3H3,(H,25,28). The summed E-state index contributed by atoms with van der Waals surface area (Å²) >= 11 is 1.31. The van der Waals surface area contributed by atoms with Crippen molar-refractivity contribution >= 4 is 23.4 Å². The van der Waals surface area contributed by atoms with Crippen LogP contribution in [0.25, 0.3) is 0 Å². The van der Waals surface area contributed by atoms with Gasteiger partial charge in [-0.25, -0.2) is 0 Å². The molecule has 1 N–H and O–H groups in total.